The van der Waals surface area contributed by atoms with Crippen LogP contribution in [0.4, 0.5) is 0 Å². The van der Waals surface area contributed by atoms with Gasteiger partial charge in [0.2, 0.25) is 0 Å². The van der Waals surface area contributed by atoms with Gasteiger partial charge in [0.25, 0.3) is 0 Å². The Kier molecular flexibility index (Phi) is 5.08. The quantitative estimate of drug-likeness (QED) is 0.705. The van der Waals surface area contributed by atoms with E-state index in [9.17, 15) is 0 Å². The van der Waals surface area contributed by atoms with E-state index in [0.29, 0.717) is 6.61 Å². The summed E-state index contributed by atoms with van der Waals surface area (Å²) in [7, 11) is 0. The van der Waals surface area contributed by atoms with Gasteiger partial charge in [0.1, 0.15) is 5.75 Å². The van der Waals surface area contributed by atoms with Crippen molar-refractivity contribution in [3.63, 3.8) is 0 Å². The number of ether oxygens (including phenoxy) is 1. The van der Waals surface area contributed by atoms with Gasteiger partial charge in [-0.15, -0.1) is 0 Å². The van der Waals surface area contributed by atoms with Crippen LogP contribution in [0.1, 0.15) is 25.3 Å². The molecule has 1 rings (SSSR count). The second kappa shape index (κ2) is 6.44. The van der Waals surface area contributed by atoms with Crippen molar-refractivity contribution >= 4 is 0 Å². The molecule has 0 saturated carbocycles. The number of benzene rings is 1. The average Bonchev–Trinajstić information content (AvgIpc) is 2.25. The van der Waals surface area contributed by atoms with Crippen molar-refractivity contribution in [1.82, 2.24) is 0 Å². The number of hydrogen-bond acceptors (Lipinski definition) is 2. The van der Waals surface area contributed by atoms with Crippen LogP contribution in [0.25, 0.3) is 0 Å². The summed E-state index contributed by atoms with van der Waals surface area (Å²) >= 11 is 0. The number of unbranched alkanes of at least 4 members (excludes halogenated alkanes) is 1. The standard InChI is InChI=1S/C12H18O2/c1-2-11-5-7-12(8-6-11)14-10-4-3-9-13/h5-8,13H,2-4,9-10H2,1H3. The van der Waals surface area contributed by atoms with E-state index >= 15 is 0 Å². The zero-order chi connectivity index (χ0) is 10.2. The summed E-state index contributed by atoms with van der Waals surface area (Å²) in [6.07, 6.45) is 2.78. The summed E-state index contributed by atoms with van der Waals surface area (Å²) in [5, 5.41) is 8.58. The average molecular weight is 194 g/mol. The second-order valence-electron chi connectivity index (χ2n) is 3.28. The number of rotatable bonds is 6. The topological polar surface area (TPSA) is 29.5 Å². The third-order valence-electron chi connectivity index (χ3n) is 2.15. The number of aliphatic hydroxyl groups excluding tert-OH is 1. The summed E-state index contributed by atoms with van der Waals surface area (Å²) < 4.78 is 5.50. The van der Waals surface area contributed by atoms with E-state index in [1.807, 2.05) is 12.1 Å². The van der Waals surface area contributed by atoms with Gasteiger partial charge in [-0.2, -0.15) is 0 Å². The molecule has 14 heavy (non-hydrogen) atoms. The molecule has 1 N–H and O–H groups in total. The first kappa shape index (κ1) is 11.1. The molecule has 1 aromatic rings. The molecular formula is C12H18O2. The van der Waals surface area contributed by atoms with Gasteiger partial charge in [-0.3, -0.25) is 0 Å². The van der Waals surface area contributed by atoms with Crippen LogP contribution in [0.2, 0.25) is 0 Å². The number of aliphatic hydroxyl groups is 1. The minimum atomic E-state index is 0.248. The lowest BCUT2D eigenvalue weighted by Gasteiger charge is -2.05. The molecule has 78 valence electrons. The fourth-order valence-electron chi connectivity index (χ4n) is 1.23. The first-order chi connectivity index (χ1) is 6.86. The monoisotopic (exact) mass is 194 g/mol. The second-order valence-corrected chi connectivity index (χ2v) is 3.28. The third-order valence-corrected chi connectivity index (χ3v) is 2.15. The predicted octanol–water partition coefficient (Wildman–Crippen LogP) is 2.40. The molecule has 0 unspecified atom stereocenters. The Morgan fingerprint density at radius 1 is 1.14 bits per heavy atom. The van der Waals surface area contributed by atoms with E-state index in [0.717, 1.165) is 25.0 Å². The van der Waals surface area contributed by atoms with Crippen molar-refractivity contribution in [3.05, 3.63) is 29.8 Å². The van der Waals surface area contributed by atoms with Gasteiger partial charge in [0, 0.05) is 6.61 Å². The molecule has 0 atom stereocenters. The minimum absolute atomic E-state index is 0.248. The Morgan fingerprint density at radius 2 is 1.86 bits per heavy atom. The fourth-order valence-corrected chi connectivity index (χ4v) is 1.23. The van der Waals surface area contributed by atoms with E-state index in [-0.39, 0.29) is 6.61 Å². The van der Waals surface area contributed by atoms with E-state index < -0.39 is 0 Å². The van der Waals surface area contributed by atoms with Crippen molar-refractivity contribution in [2.24, 2.45) is 0 Å². The predicted molar refractivity (Wildman–Crippen MR) is 57.6 cm³/mol. The molecule has 0 heterocycles. The Labute approximate surface area is 85.5 Å². The largest absolute Gasteiger partial charge is 0.494 e. The van der Waals surface area contributed by atoms with Crippen LogP contribution in [0.5, 0.6) is 5.75 Å². The van der Waals surface area contributed by atoms with Gasteiger partial charge < -0.3 is 9.84 Å². The lowest BCUT2D eigenvalue weighted by atomic mass is 10.2. The molecule has 0 bridgehead atoms. The summed E-state index contributed by atoms with van der Waals surface area (Å²) in [4.78, 5) is 0. The van der Waals surface area contributed by atoms with Gasteiger partial charge >= 0.3 is 0 Å². The molecule has 0 spiro atoms. The lowest BCUT2D eigenvalue weighted by Crippen LogP contribution is -1.98. The van der Waals surface area contributed by atoms with Crippen molar-refractivity contribution in [2.75, 3.05) is 13.2 Å². The fraction of sp³-hybridized carbons (Fsp3) is 0.500. The maximum atomic E-state index is 8.58. The maximum absolute atomic E-state index is 8.58. The van der Waals surface area contributed by atoms with Gasteiger partial charge in [-0.05, 0) is 37.0 Å². The first-order valence-corrected chi connectivity index (χ1v) is 5.19. The van der Waals surface area contributed by atoms with Crippen LogP contribution >= 0.6 is 0 Å². The van der Waals surface area contributed by atoms with Gasteiger partial charge in [0.15, 0.2) is 0 Å². The van der Waals surface area contributed by atoms with E-state index in [1.54, 1.807) is 0 Å². The molecule has 0 aliphatic heterocycles. The van der Waals surface area contributed by atoms with Crippen LogP contribution in [-0.2, 0) is 6.42 Å². The van der Waals surface area contributed by atoms with Crippen LogP contribution in [0, 0.1) is 0 Å². The van der Waals surface area contributed by atoms with Crippen LogP contribution in [-0.4, -0.2) is 18.3 Å². The highest BCUT2D eigenvalue weighted by Crippen LogP contribution is 2.12. The number of aryl methyl sites for hydroxylation is 1. The maximum Gasteiger partial charge on any atom is 0.119 e. The zero-order valence-corrected chi connectivity index (χ0v) is 8.70. The summed E-state index contributed by atoms with van der Waals surface area (Å²) in [6, 6.07) is 8.16. The van der Waals surface area contributed by atoms with Gasteiger partial charge in [-0.25, -0.2) is 0 Å². The molecule has 0 saturated heterocycles. The first-order valence-electron chi connectivity index (χ1n) is 5.19. The van der Waals surface area contributed by atoms with Crippen molar-refractivity contribution < 1.29 is 9.84 Å². The molecule has 0 aromatic heterocycles. The van der Waals surface area contributed by atoms with Gasteiger partial charge in [0.05, 0.1) is 6.61 Å². The Morgan fingerprint density at radius 3 is 2.43 bits per heavy atom. The lowest BCUT2D eigenvalue weighted by molar-refractivity contribution is 0.253. The molecule has 0 fully saturated rings. The minimum Gasteiger partial charge on any atom is -0.494 e. The third kappa shape index (κ3) is 3.79. The van der Waals surface area contributed by atoms with Crippen LogP contribution < -0.4 is 4.74 Å². The summed E-state index contributed by atoms with van der Waals surface area (Å²) in [5.41, 5.74) is 1.33. The van der Waals surface area contributed by atoms with E-state index in [4.69, 9.17) is 9.84 Å². The van der Waals surface area contributed by atoms with Crippen LogP contribution in [0.15, 0.2) is 24.3 Å². The molecule has 1 aromatic carbocycles. The van der Waals surface area contributed by atoms with E-state index in [1.165, 1.54) is 5.56 Å². The summed E-state index contributed by atoms with van der Waals surface area (Å²) in [5.74, 6) is 0.917. The molecule has 0 radical (unpaired) electrons. The number of hydrogen-bond donors (Lipinski definition) is 1. The Hall–Kier alpha value is -1.02. The highest BCUT2D eigenvalue weighted by molar-refractivity contribution is 5.27. The molecule has 0 aliphatic carbocycles. The highest BCUT2D eigenvalue weighted by Gasteiger charge is 1.93. The van der Waals surface area contributed by atoms with Crippen molar-refractivity contribution in [2.45, 2.75) is 26.2 Å². The smallest absolute Gasteiger partial charge is 0.119 e. The molecule has 0 amide bonds. The SMILES string of the molecule is CCc1ccc(OCCCCO)cc1. The summed E-state index contributed by atoms with van der Waals surface area (Å²) in [6.45, 7) is 3.07. The Bertz CT molecular complexity index is 241. The molecule has 2 heteroatoms. The highest BCUT2D eigenvalue weighted by atomic mass is 16.5. The molecule has 2 nitrogen and oxygen atoms in total. The van der Waals surface area contributed by atoms with Gasteiger partial charge in [-0.1, -0.05) is 19.1 Å². The van der Waals surface area contributed by atoms with Crippen molar-refractivity contribution in [3.8, 4) is 5.75 Å². The zero-order valence-electron chi connectivity index (χ0n) is 8.70. The molecule has 0 aliphatic rings. The van der Waals surface area contributed by atoms with Crippen molar-refractivity contribution in [1.29, 1.82) is 0 Å². The molecular weight excluding hydrogens is 176 g/mol. The van der Waals surface area contributed by atoms with E-state index in [2.05, 4.69) is 19.1 Å². The Balaban J connectivity index is 2.29. The van der Waals surface area contributed by atoms with Crippen LogP contribution in [0.3, 0.4) is 0 Å². The normalized spacial score (nSPS) is 10.1.